The van der Waals surface area contributed by atoms with Crippen LogP contribution in [0.5, 0.6) is 0 Å². The van der Waals surface area contributed by atoms with Gasteiger partial charge in [-0.3, -0.25) is 4.90 Å². The first kappa shape index (κ1) is 14.5. The van der Waals surface area contributed by atoms with E-state index in [2.05, 4.69) is 35.5 Å². The largest absolute Gasteiger partial charge is 0.337 e. The molecule has 0 saturated heterocycles. The second kappa shape index (κ2) is 6.06. The first-order chi connectivity index (χ1) is 9.14. The Morgan fingerprint density at radius 2 is 2.32 bits per heavy atom. The predicted octanol–water partition coefficient (Wildman–Crippen LogP) is 2.15. The summed E-state index contributed by atoms with van der Waals surface area (Å²) in [6.07, 6.45) is 10.3. The molecule has 0 spiro atoms. The summed E-state index contributed by atoms with van der Waals surface area (Å²) in [6.45, 7) is 3.94. The fourth-order valence-electron chi connectivity index (χ4n) is 3.72. The van der Waals surface area contributed by atoms with Crippen molar-refractivity contribution < 1.29 is 0 Å². The van der Waals surface area contributed by atoms with Gasteiger partial charge in [0.25, 0.3) is 0 Å². The summed E-state index contributed by atoms with van der Waals surface area (Å²) in [5.74, 6) is 1.84. The number of aromatic nitrogens is 2. The van der Waals surface area contributed by atoms with E-state index in [1.54, 1.807) is 0 Å². The second-order valence-electron chi connectivity index (χ2n) is 5.97. The van der Waals surface area contributed by atoms with Crippen molar-refractivity contribution in [3.05, 3.63) is 18.2 Å². The lowest BCUT2D eigenvalue weighted by Crippen LogP contribution is -2.58. The van der Waals surface area contributed by atoms with E-state index in [0.29, 0.717) is 0 Å². The number of hydrogen-bond acceptors (Lipinski definition) is 3. The number of aryl methyl sites for hydroxylation is 1. The van der Waals surface area contributed by atoms with Crippen LogP contribution in [0.2, 0.25) is 0 Å². The Bertz CT molecular complexity index is 401. The summed E-state index contributed by atoms with van der Waals surface area (Å²) in [6, 6.07) is 0. The minimum Gasteiger partial charge on any atom is -0.337 e. The maximum absolute atomic E-state index is 6.20. The Morgan fingerprint density at radius 3 is 2.89 bits per heavy atom. The molecule has 0 aliphatic heterocycles. The van der Waals surface area contributed by atoms with Gasteiger partial charge in [0, 0.05) is 31.5 Å². The number of imidazole rings is 1. The number of likely N-dealkylation sites (N-methyl/N-ethyl adjacent to an activating group) is 1. The van der Waals surface area contributed by atoms with E-state index in [-0.39, 0.29) is 5.54 Å². The van der Waals surface area contributed by atoms with Crippen LogP contribution in [0.1, 0.15) is 44.9 Å². The second-order valence-corrected chi connectivity index (χ2v) is 5.97. The number of hydrogen-bond donors (Lipinski definition) is 1. The maximum atomic E-state index is 6.20. The average Bonchev–Trinajstić information content (AvgIpc) is 2.83. The fourth-order valence-corrected chi connectivity index (χ4v) is 3.72. The average molecular weight is 264 g/mol. The number of nitrogens with zero attached hydrogens (tertiary/aromatic N) is 3. The first-order valence-corrected chi connectivity index (χ1v) is 7.51. The van der Waals surface area contributed by atoms with Gasteiger partial charge in [-0.25, -0.2) is 4.98 Å². The smallest absolute Gasteiger partial charge is 0.122 e. The molecular weight excluding hydrogens is 236 g/mol. The van der Waals surface area contributed by atoms with E-state index < -0.39 is 0 Å². The summed E-state index contributed by atoms with van der Waals surface area (Å²) in [4.78, 5) is 6.91. The van der Waals surface area contributed by atoms with Crippen molar-refractivity contribution in [2.24, 2.45) is 18.7 Å². The predicted molar refractivity (Wildman–Crippen MR) is 78.7 cm³/mol. The van der Waals surface area contributed by atoms with Crippen molar-refractivity contribution in [3.8, 4) is 0 Å². The van der Waals surface area contributed by atoms with Gasteiger partial charge >= 0.3 is 0 Å². The highest BCUT2D eigenvalue weighted by Gasteiger charge is 2.42. The van der Waals surface area contributed by atoms with Crippen molar-refractivity contribution in [2.75, 3.05) is 13.6 Å². The lowest BCUT2D eigenvalue weighted by Gasteiger charge is -2.49. The first-order valence-electron chi connectivity index (χ1n) is 7.51. The van der Waals surface area contributed by atoms with Crippen LogP contribution in [0, 0.1) is 5.92 Å². The Kier molecular flexibility index (Phi) is 4.63. The third kappa shape index (κ3) is 2.70. The fraction of sp³-hybridized carbons (Fsp3) is 0.800. The Hall–Kier alpha value is -0.870. The Labute approximate surface area is 117 Å². The molecule has 0 aromatic carbocycles. The topological polar surface area (TPSA) is 47.1 Å². The number of rotatable bonds is 5. The van der Waals surface area contributed by atoms with Crippen molar-refractivity contribution in [2.45, 2.75) is 51.1 Å². The van der Waals surface area contributed by atoms with Crippen LogP contribution in [-0.4, -0.2) is 33.6 Å². The van der Waals surface area contributed by atoms with Gasteiger partial charge in [0.2, 0.25) is 0 Å². The molecule has 2 N–H and O–H groups in total. The van der Waals surface area contributed by atoms with Crippen molar-refractivity contribution in [3.63, 3.8) is 0 Å². The summed E-state index contributed by atoms with van der Waals surface area (Å²) < 4.78 is 2.10. The number of nitrogens with two attached hydrogens (primary N) is 1. The molecule has 4 nitrogen and oxygen atoms in total. The summed E-state index contributed by atoms with van der Waals surface area (Å²) in [5, 5.41) is 0. The molecule has 0 bridgehead atoms. The molecule has 1 aliphatic rings. The lowest BCUT2D eigenvalue weighted by molar-refractivity contribution is 0.0156. The van der Waals surface area contributed by atoms with Gasteiger partial charge in [-0.15, -0.1) is 0 Å². The zero-order chi connectivity index (χ0) is 13.9. The van der Waals surface area contributed by atoms with Crippen molar-refractivity contribution >= 4 is 0 Å². The van der Waals surface area contributed by atoms with Gasteiger partial charge in [-0.2, -0.15) is 0 Å². The molecule has 0 radical (unpaired) electrons. The highest BCUT2D eigenvalue weighted by molar-refractivity contribution is 5.01. The van der Waals surface area contributed by atoms with Gasteiger partial charge < -0.3 is 10.3 Å². The van der Waals surface area contributed by atoms with Crippen LogP contribution in [0.15, 0.2) is 12.4 Å². The molecule has 1 fully saturated rings. The van der Waals surface area contributed by atoms with Crippen LogP contribution >= 0.6 is 0 Å². The molecule has 4 heteroatoms. The SMILES string of the molecule is CCC1CCCCC1(CN)N(C)Cc1nccn1C. The molecule has 0 amide bonds. The quantitative estimate of drug-likeness (QED) is 0.886. The van der Waals surface area contributed by atoms with Gasteiger partial charge in [0.05, 0.1) is 6.54 Å². The molecular formula is C15H28N4. The summed E-state index contributed by atoms with van der Waals surface area (Å²) in [5.41, 5.74) is 6.37. The standard InChI is InChI=1S/C15H28N4/c1-4-13-7-5-6-8-15(13,12-16)19(3)11-14-17-9-10-18(14)2/h9-10,13H,4-8,11-12,16H2,1-3H3. The molecule has 1 aromatic heterocycles. The molecule has 108 valence electrons. The van der Waals surface area contributed by atoms with Crippen molar-refractivity contribution in [1.82, 2.24) is 14.5 Å². The molecule has 19 heavy (non-hydrogen) atoms. The minimum absolute atomic E-state index is 0.166. The van der Waals surface area contributed by atoms with Gasteiger partial charge in [0.15, 0.2) is 0 Å². The van der Waals surface area contributed by atoms with Crippen LogP contribution in [0.3, 0.4) is 0 Å². The van der Waals surface area contributed by atoms with Crippen LogP contribution in [0.4, 0.5) is 0 Å². The van der Waals surface area contributed by atoms with Gasteiger partial charge in [-0.05, 0) is 25.8 Å². The minimum atomic E-state index is 0.166. The van der Waals surface area contributed by atoms with E-state index in [4.69, 9.17) is 5.73 Å². The van der Waals surface area contributed by atoms with Crippen LogP contribution in [0.25, 0.3) is 0 Å². The van der Waals surface area contributed by atoms with E-state index in [1.165, 1.54) is 32.1 Å². The zero-order valence-electron chi connectivity index (χ0n) is 12.6. The molecule has 2 rings (SSSR count). The maximum Gasteiger partial charge on any atom is 0.122 e. The van der Waals surface area contributed by atoms with Crippen molar-refractivity contribution in [1.29, 1.82) is 0 Å². The van der Waals surface area contributed by atoms with Crippen LogP contribution in [-0.2, 0) is 13.6 Å². The third-order valence-electron chi connectivity index (χ3n) is 5.08. The third-order valence-corrected chi connectivity index (χ3v) is 5.08. The molecule has 1 heterocycles. The van der Waals surface area contributed by atoms with E-state index in [9.17, 15) is 0 Å². The van der Waals surface area contributed by atoms with E-state index in [1.807, 2.05) is 12.4 Å². The molecule has 2 atom stereocenters. The Morgan fingerprint density at radius 1 is 1.53 bits per heavy atom. The molecule has 1 aliphatic carbocycles. The summed E-state index contributed by atoms with van der Waals surface area (Å²) >= 11 is 0. The van der Waals surface area contributed by atoms with Crippen LogP contribution < -0.4 is 5.73 Å². The van der Waals surface area contributed by atoms with E-state index in [0.717, 1.165) is 24.8 Å². The monoisotopic (exact) mass is 264 g/mol. The molecule has 1 saturated carbocycles. The summed E-state index contributed by atoms with van der Waals surface area (Å²) in [7, 11) is 4.28. The zero-order valence-corrected chi connectivity index (χ0v) is 12.6. The molecule has 2 unspecified atom stereocenters. The highest BCUT2D eigenvalue weighted by Crippen LogP contribution is 2.39. The van der Waals surface area contributed by atoms with Gasteiger partial charge in [0.1, 0.15) is 5.82 Å². The highest BCUT2D eigenvalue weighted by atomic mass is 15.2. The van der Waals surface area contributed by atoms with Gasteiger partial charge in [-0.1, -0.05) is 26.2 Å². The normalized spacial score (nSPS) is 27.9. The van der Waals surface area contributed by atoms with E-state index >= 15 is 0 Å². The Balaban J connectivity index is 2.17. The lowest BCUT2D eigenvalue weighted by atomic mass is 9.70. The molecule has 1 aromatic rings.